The molecule has 0 saturated carbocycles. The third-order valence-corrected chi connectivity index (χ3v) is 5.17. The molecule has 142 valence electrons. The molecule has 27 heavy (non-hydrogen) atoms. The van der Waals surface area contributed by atoms with Crippen molar-refractivity contribution in [2.24, 2.45) is 0 Å². The highest BCUT2D eigenvalue weighted by Crippen LogP contribution is 2.33. The lowest BCUT2D eigenvalue weighted by atomic mass is 10.1. The number of fused-ring (bicyclic) bond motifs is 1. The Morgan fingerprint density at radius 3 is 2.81 bits per heavy atom. The van der Waals surface area contributed by atoms with Crippen LogP contribution in [0.4, 0.5) is 5.00 Å². The summed E-state index contributed by atoms with van der Waals surface area (Å²) in [5, 5.41) is 3.24. The van der Waals surface area contributed by atoms with E-state index < -0.39 is 5.97 Å². The Bertz CT molecular complexity index is 1010. The molecule has 0 fully saturated rings. The van der Waals surface area contributed by atoms with Crippen molar-refractivity contribution in [3.63, 3.8) is 0 Å². The maximum atomic E-state index is 12.4. The third kappa shape index (κ3) is 3.95. The van der Waals surface area contributed by atoms with Gasteiger partial charge in [-0.1, -0.05) is 0 Å². The van der Waals surface area contributed by atoms with Crippen LogP contribution in [0.3, 0.4) is 0 Å². The lowest BCUT2D eigenvalue weighted by molar-refractivity contribution is -0.118. The smallest absolute Gasteiger partial charge is 0.341 e. The number of pyridine rings is 1. The molecule has 0 spiro atoms. The quantitative estimate of drug-likeness (QED) is 0.655. The summed E-state index contributed by atoms with van der Waals surface area (Å²) < 4.78 is 12.6. The van der Waals surface area contributed by atoms with E-state index in [1.54, 1.807) is 13.0 Å². The zero-order valence-electron chi connectivity index (χ0n) is 15.7. The number of ether oxygens (including phenoxy) is 2. The second kappa shape index (κ2) is 7.79. The molecule has 3 aromatic heterocycles. The fourth-order valence-electron chi connectivity index (χ4n) is 2.69. The van der Waals surface area contributed by atoms with Gasteiger partial charge >= 0.3 is 5.97 Å². The Labute approximate surface area is 160 Å². The Balaban J connectivity index is 1.73. The molecule has 0 aliphatic heterocycles. The van der Waals surface area contributed by atoms with Gasteiger partial charge < -0.3 is 19.2 Å². The van der Waals surface area contributed by atoms with Crippen LogP contribution in [-0.4, -0.2) is 34.5 Å². The zero-order chi connectivity index (χ0) is 19.6. The molecular formula is C19H21N3O4S. The van der Waals surface area contributed by atoms with Crippen molar-refractivity contribution in [1.29, 1.82) is 0 Å². The highest BCUT2D eigenvalue weighted by molar-refractivity contribution is 7.16. The van der Waals surface area contributed by atoms with E-state index >= 15 is 0 Å². The number of aromatic nitrogens is 2. The summed E-state index contributed by atoms with van der Waals surface area (Å²) in [5.41, 5.74) is 2.72. The SMILES string of the molecule is CCOC(=O)c1c(NC(=O)COc2cccn3cc(C)nc23)sc(C)c1C. The number of nitrogens with zero attached hydrogens (tertiary/aromatic N) is 2. The number of amides is 1. The number of hydrogen-bond donors (Lipinski definition) is 1. The van der Waals surface area contributed by atoms with E-state index in [1.165, 1.54) is 11.3 Å². The maximum Gasteiger partial charge on any atom is 0.341 e. The molecule has 0 radical (unpaired) electrons. The van der Waals surface area contributed by atoms with Crippen molar-refractivity contribution in [2.45, 2.75) is 27.7 Å². The lowest BCUT2D eigenvalue weighted by Crippen LogP contribution is -2.21. The predicted octanol–water partition coefficient (Wildman–Crippen LogP) is 3.52. The maximum absolute atomic E-state index is 12.4. The number of aryl methyl sites for hydroxylation is 2. The minimum absolute atomic E-state index is 0.191. The van der Waals surface area contributed by atoms with Gasteiger partial charge in [-0.15, -0.1) is 11.3 Å². The molecule has 3 aromatic rings. The minimum atomic E-state index is -0.437. The highest BCUT2D eigenvalue weighted by atomic mass is 32.1. The van der Waals surface area contributed by atoms with Crippen molar-refractivity contribution >= 4 is 33.9 Å². The van der Waals surface area contributed by atoms with E-state index in [4.69, 9.17) is 9.47 Å². The second-order valence-corrected chi connectivity index (χ2v) is 7.26. The van der Waals surface area contributed by atoms with Gasteiger partial charge in [0.05, 0.1) is 17.9 Å². The molecule has 7 nitrogen and oxygen atoms in total. The van der Waals surface area contributed by atoms with Crippen molar-refractivity contribution in [2.75, 3.05) is 18.5 Å². The number of imidazole rings is 1. The third-order valence-electron chi connectivity index (χ3n) is 4.04. The van der Waals surface area contributed by atoms with Crippen LogP contribution in [0, 0.1) is 20.8 Å². The predicted molar refractivity (Wildman–Crippen MR) is 104 cm³/mol. The minimum Gasteiger partial charge on any atom is -0.480 e. The van der Waals surface area contributed by atoms with E-state index in [0.29, 0.717) is 22.0 Å². The van der Waals surface area contributed by atoms with Gasteiger partial charge in [-0.3, -0.25) is 4.79 Å². The first-order valence-electron chi connectivity index (χ1n) is 8.54. The Morgan fingerprint density at radius 1 is 1.30 bits per heavy atom. The van der Waals surface area contributed by atoms with Crippen molar-refractivity contribution < 1.29 is 19.1 Å². The Hall–Kier alpha value is -2.87. The summed E-state index contributed by atoms with van der Waals surface area (Å²) in [6.45, 7) is 7.46. The first-order chi connectivity index (χ1) is 12.9. The highest BCUT2D eigenvalue weighted by Gasteiger charge is 2.22. The first-order valence-corrected chi connectivity index (χ1v) is 9.36. The monoisotopic (exact) mass is 387 g/mol. The molecule has 3 heterocycles. The molecule has 0 saturated heterocycles. The lowest BCUT2D eigenvalue weighted by Gasteiger charge is -2.09. The molecule has 3 rings (SSSR count). The molecule has 1 amide bonds. The van der Waals surface area contributed by atoms with Gasteiger partial charge in [0.15, 0.2) is 18.0 Å². The first kappa shape index (κ1) is 18.9. The number of thiophene rings is 1. The zero-order valence-corrected chi connectivity index (χ0v) is 16.5. The standard InChI is InChI=1S/C19H21N3O4S/c1-5-25-19(24)16-12(3)13(4)27-18(16)21-15(23)10-26-14-7-6-8-22-9-11(2)20-17(14)22/h6-9H,5,10H2,1-4H3,(H,21,23). The van der Waals surface area contributed by atoms with Gasteiger partial charge in [0.1, 0.15) is 5.00 Å². The van der Waals surface area contributed by atoms with Crippen LogP contribution in [0.5, 0.6) is 5.75 Å². The number of esters is 1. The van der Waals surface area contributed by atoms with Gasteiger partial charge in [0, 0.05) is 17.3 Å². The van der Waals surface area contributed by atoms with E-state index in [9.17, 15) is 9.59 Å². The summed E-state index contributed by atoms with van der Waals surface area (Å²) in [4.78, 5) is 29.9. The summed E-state index contributed by atoms with van der Waals surface area (Å²) in [6.07, 6.45) is 3.75. The number of nitrogens with one attached hydrogen (secondary N) is 1. The van der Waals surface area contributed by atoms with Crippen LogP contribution in [-0.2, 0) is 9.53 Å². The molecule has 0 unspecified atom stereocenters. The Kier molecular flexibility index (Phi) is 5.46. The van der Waals surface area contributed by atoms with Crippen LogP contribution in [0.15, 0.2) is 24.5 Å². The molecule has 1 N–H and O–H groups in total. The van der Waals surface area contributed by atoms with E-state index in [1.807, 2.05) is 43.6 Å². The van der Waals surface area contributed by atoms with E-state index in [-0.39, 0.29) is 19.1 Å². The van der Waals surface area contributed by atoms with E-state index in [2.05, 4.69) is 10.3 Å². The van der Waals surface area contributed by atoms with Crippen molar-refractivity contribution in [3.05, 3.63) is 46.2 Å². The van der Waals surface area contributed by atoms with Crippen LogP contribution >= 0.6 is 11.3 Å². The molecule has 0 aliphatic rings. The summed E-state index contributed by atoms with van der Waals surface area (Å²) in [7, 11) is 0. The van der Waals surface area contributed by atoms with Gasteiger partial charge in [0.25, 0.3) is 5.91 Å². The average molecular weight is 387 g/mol. The number of carbonyl (C=O) groups is 2. The summed E-state index contributed by atoms with van der Waals surface area (Å²) in [5.74, 6) is -0.273. The van der Waals surface area contributed by atoms with Crippen LogP contribution in [0.1, 0.15) is 33.4 Å². The topological polar surface area (TPSA) is 81.9 Å². The molecule has 0 bridgehead atoms. The second-order valence-electron chi connectivity index (χ2n) is 6.03. The normalized spacial score (nSPS) is 10.8. The van der Waals surface area contributed by atoms with Crippen molar-refractivity contribution in [3.8, 4) is 5.75 Å². The number of hydrogen-bond acceptors (Lipinski definition) is 6. The van der Waals surface area contributed by atoms with Crippen LogP contribution in [0.2, 0.25) is 0 Å². The Morgan fingerprint density at radius 2 is 2.07 bits per heavy atom. The van der Waals surface area contributed by atoms with Gasteiger partial charge in [0.2, 0.25) is 0 Å². The number of rotatable bonds is 6. The summed E-state index contributed by atoms with van der Waals surface area (Å²) in [6, 6.07) is 3.59. The van der Waals surface area contributed by atoms with E-state index in [0.717, 1.165) is 16.1 Å². The molecular weight excluding hydrogens is 366 g/mol. The molecule has 0 aliphatic carbocycles. The number of carbonyl (C=O) groups excluding carboxylic acids is 2. The molecule has 0 atom stereocenters. The van der Waals surface area contributed by atoms with Gasteiger partial charge in [-0.25, -0.2) is 9.78 Å². The largest absolute Gasteiger partial charge is 0.480 e. The molecule has 0 aromatic carbocycles. The number of anilines is 1. The molecule has 8 heteroatoms. The fourth-order valence-corrected chi connectivity index (χ4v) is 3.76. The summed E-state index contributed by atoms with van der Waals surface area (Å²) >= 11 is 1.35. The van der Waals surface area contributed by atoms with Crippen LogP contribution < -0.4 is 10.1 Å². The average Bonchev–Trinajstić information content (AvgIpc) is 3.12. The van der Waals surface area contributed by atoms with Gasteiger partial charge in [-0.2, -0.15) is 0 Å². The van der Waals surface area contributed by atoms with Gasteiger partial charge in [-0.05, 0) is 45.4 Å². The fraction of sp³-hybridized carbons (Fsp3) is 0.316. The van der Waals surface area contributed by atoms with Crippen LogP contribution in [0.25, 0.3) is 5.65 Å². The van der Waals surface area contributed by atoms with Crippen molar-refractivity contribution in [1.82, 2.24) is 9.38 Å².